The Hall–Kier alpha value is -2.28. The number of rotatable bonds is 4. The van der Waals surface area contributed by atoms with Gasteiger partial charge in [0.25, 0.3) is 10.0 Å². The van der Waals surface area contributed by atoms with Crippen molar-refractivity contribution in [1.29, 1.82) is 0 Å². The fraction of sp³-hybridized carbons (Fsp3) is 0.214. The van der Waals surface area contributed by atoms with Crippen molar-refractivity contribution in [3.05, 3.63) is 47.3 Å². The van der Waals surface area contributed by atoms with Gasteiger partial charge < -0.3 is 9.67 Å². The Balaban J connectivity index is 2.36. The summed E-state index contributed by atoms with van der Waals surface area (Å²) in [5.74, 6) is -1.18. The van der Waals surface area contributed by atoms with Gasteiger partial charge in [-0.2, -0.15) is 0 Å². The second-order valence-corrected chi connectivity index (χ2v) is 6.56. The Bertz CT molecular complexity index is 806. The van der Waals surface area contributed by atoms with E-state index in [0.29, 0.717) is 5.69 Å². The number of carboxylic acid groups (broad SMARTS) is 1. The van der Waals surface area contributed by atoms with Gasteiger partial charge in [-0.15, -0.1) is 0 Å². The molecule has 2 N–H and O–H groups in total. The van der Waals surface area contributed by atoms with E-state index >= 15 is 0 Å². The largest absolute Gasteiger partial charge is 0.477 e. The highest BCUT2D eigenvalue weighted by molar-refractivity contribution is 7.92. The lowest BCUT2D eigenvalue weighted by atomic mass is 10.1. The molecule has 0 aliphatic heterocycles. The molecule has 0 spiro atoms. The average Bonchev–Trinajstić information content (AvgIpc) is 2.77. The molecule has 0 bridgehead atoms. The van der Waals surface area contributed by atoms with Crippen LogP contribution in [0, 0.1) is 13.8 Å². The first-order valence-corrected chi connectivity index (χ1v) is 7.69. The van der Waals surface area contributed by atoms with Gasteiger partial charge in [0.05, 0.1) is 0 Å². The summed E-state index contributed by atoms with van der Waals surface area (Å²) in [7, 11) is -2.33. The van der Waals surface area contributed by atoms with Crippen LogP contribution in [0.4, 0.5) is 5.69 Å². The molecule has 0 radical (unpaired) electrons. The number of sulfonamides is 1. The third-order valence-electron chi connectivity index (χ3n) is 3.27. The van der Waals surface area contributed by atoms with E-state index in [1.165, 1.54) is 17.8 Å². The van der Waals surface area contributed by atoms with Crippen LogP contribution in [0.25, 0.3) is 0 Å². The molecule has 0 fully saturated rings. The fourth-order valence-corrected chi connectivity index (χ4v) is 3.03. The molecule has 0 saturated heterocycles. The van der Waals surface area contributed by atoms with E-state index < -0.39 is 16.0 Å². The average molecular weight is 308 g/mol. The highest BCUT2D eigenvalue weighted by Gasteiger charge is 2.20. The van der Waals surface area contributed by atoms with E-state index in [9.17, 15) is 13.2 Å². The number of hydrogen-bond donors (Lipinski definition) is 2. The minimum absolute atomic E-state index is 0.0828. The molecule has 1 heterocycles. The molecular weight excluding hydrogens is 292 g/mol. The SMILES string of the molecule is Cc1ccc(NS(=O)(=O)c2cc(C(=O)O)n(C)c2)cc1C. The number of nitrogens with one attached hydrogen (secondary N) is 1. The van der Waals surface area contributed by atoms with E-state index in [4.69, 9.17) is 5.11 Å². The number of benzene rings is 1. The molecular formula is C14H16N2O4S. The zero-order valence-electron chi connectivity index (χ0n) is 11.9. The van der Waals surface area contributed by atoms with Crippen LogP contribution in [0.15, 0.2) is 35.4 Å². The summed E-state index contributed by atoms with van der Waals surface area (Å²) >= 11 is 0. The van der Waals surface area contributed by atoms with Gasteiger partial charge in [-0.1, -0.05) is 6.07 Å². The molecule has 21 heavy (non-hydrogen) atoms. The zero-order chi connectivity index (χ0) is 15.8. The van der Waals surface area contributed by atoms with Crippen LogP contribution < -0.4 is 4.72 Å². The number of carbonyl (C=O) groups is 1. The molecule has 0 aliphatic carbocycles. The molecule has 0 unspecified atom stereocenters. The summed E-state index contributed by atoms with van der Waals surface area (Å²) in [5.41, 5.74) is 2.38. The summed E-state index contributed by atoms with van der Waals surface area (Å²) in [5, 5.41) is 8.97. The first-order valence-electron chi connectivity index (χ1n) is 6.20. The van der Waals surface area contributed by atoms with Gasteiger partial charge in [0.1, 0.15) is 10.6 Å². The van der Waals surface area contributed by atoms with Crippen molar-refractivity contribution in [1.82, 2.24) is 4.57 Å². The van der Waals surface area contributed by atoms with Crippen LogP contribution in [0.2, 0.25) is 0 Å². The second kappa shape index (κ2) is 5.25. The predicted molar refractivity (Wildman–Crippen MR) is 79.1 cm³/mol. The summed E-state index contributed by atoms with van der Waals surface area (Å²) in [6.45, 7) is 3.82. The van der Waals surface area contributed by atoms with Crippen molar-refractivity contribution < 1.29 is 18.3 Å². The Morgan fingerprint density at radius 2 is 1.86 bits per heavy atom. The van der Waals surface area contributed by atoms with Crippen molar-refractivity contribution in [3.63, 3.8) is 0 Å². The smallest absolute Gasteiger partial charge is 0.352 e. The predicted octanol–water partition coefficient (Wildman–Crippen LogP) is 2.14. The Labute approximate surface area is 123 Å². The summed E-state index contributed by atoms with van der Waals surface area (Å²) in [6.07, 6.45) is 1.27. The van der Waals surface area contributed by atoms with Crippen molar-refractivity contribution in [3.8, 4) is 0 Å². The van der Waals surface area contributed by atoms with Crippen molar-refractivity contribution in [2.75, 3.05) is 4.72 Å². The van der Waals surface area contributed by atoms with Gasteiger partial charge >= 0.3 is 5.97 Å². The standard InChI is InChI=1S/C14H16N2O4S/c1-9-4-5-11(6-10(9)2)15-21(19,20)12-7-13(14(17)18)16(3)8-12/h4-8,15H,1-3H3,(H,17,18). The van der Waals surface area contributed by atoms with E-state index in [1.54, 1.807) is 12.1 Å². The van der Waals surface area contributed by atoms with Crippen molar-refractivity contribution in [2.24, 2.45) is 7.05 Å². The lowest BCUT2D eigenvalue weighted by Crippen LogP contribution is -2.12. The fourth-order valence-electron chi connectivity index (χ4n) is 1.91. The van der Waals surface area contributed by atoms with Crippen LogP contribution in [0.3, 0.4) is 0 Å². The lowest BCUT2D eigenvalue weighted by Gasteiger charge is -2.08. The minimum Gasteiger partial charge on any atom is -0.477 e. The first-order chi connectivity index (χ1) is 9.70. The van der Waals surface area contributed by atoms with Gasteiger partial charge in [-0.3, -0.25) is 4.72 Å². The molecule has 6 nitrogen and oxygen atoms in total. The summed E-state index contributed by atoms with van der Waals surface area (Å²) < 4.78 is 28.2. The van der Waals surface area contributed by atoms with Gasteiger partial charge in [-0.05, 0) is 43.2 Å². The summed E-state index contributed by atoms with van der Waals surface area (Å²) in [6, 6.07) is 6.35. The number of aryl methyl sites for hydroxylation is 3. The zero-order valence-corrected chi connectivity index (χ0v) is 12.7. The maximum absolute atomic E-state index is 12.3. The number of anilines is 1. The van der Waals surface area contributed by atoms with Crippen molar-refractivity contribution >= 4 is 21.7 Å². The number of nitrogens with zero attached hydrogens (tertiary/aromatic N) is 1. The normalized spacial score (nSPS) is 11.4. The minimum atomic E-state index is -3.81. The Morgan fingerprint density at radius 3 is 2.38 bits per heavy atom. The molecule has 7 heteroatoms. The quantitative estimate of drug-likeness (QED) is 0.905. The van der Waals surface area contributed by atoms with Crippen LogP contribution >= 0.6 is 0 Å². The maximum Gasteiger partial charge on any atom is 0.352 e. The van der Waals surface area contributed by atoms with Crippen LogP contribution in [-0.4, -0.2) is 24.1 Å². The van der Waals surface area contributed by atoms with Gasteiger partial charge in [0.15, 0.2) is 0 Å². The highest BCUT2D eigenvalue weighted by atomic mass is 32.2. The number of aromatic nitrogens is 1. The monoisotopic (exact) mass is 308 g/mol. The molecule has 0 atom stereocenters. The third kappa shape index (κ3) is 3.08. The molecule has 0 amide bonds. The maximum atomic E-state index is 12.3. The molecule has 112 valence electrons. The van der Waals surface area contributed by atoms with Crippen LogP contribution in [0.5, 0.6) is 0 Å². The van der Waals surface area contributed by atoms with E-state index in [1.807, 2.05) is 19.9 Å². The molecule has 2 rings (SSSR count). The Kier molecular flexibility index (Phi) is 3.78. The highest BCUT2D eigenvalue weighted by Crippen LogP contribution is 2.20. The summed E-state index contributed by atoms with van der Waals surface area (Å²) in [4.78, 5) is 10.9. The topological polar surface area (TPSA) is 88.4 Å². The van der Waals surface area contributed by atoms with Crippen LogP contribution in [-0.2, 0) is 17.1 Å². The molecule has 2 aromatic rings. The molecule has 0 aliphatic rings. The van der Waals surface area contributed by atoms with Gasteiger partial charge in [0.2, 0.25) is 0 Å². The van der Waals surface area contributed by atoms with Crippen molar-refractivity contribution in [2.45, 2.75) is 18.7 Å². The van der Waals surface area contributed by atoms with E-state index in [0.717, 1.165) is 17.2 Å². The lowest BCUT2D eigenvalue weighted by molar-refractivity contribution is 0.0686. The van der Waals surface area contributed by atoms with Gasteiger partial charge in [-0.25, -0.2) is 13.2 Å². The van der Waals surface area contributed by atoms with E-state index in [-0.39, 0.29) is 10.6 Å². The number of carboxylic acids is 1. The number of aromatic carboxylic acids is 1. The second-order valence-electron chi connectivity index (χ2n) is 4.88. The van der Waals surface area contributed by atoms with Crippen LogP contribution in [0.1, 0.15) is 21.6 Å². The number of hydrogen-bond acceptors (Lipinski definition) is 3. The molecule has 1 aromatic heterocycles. The molecule has 1 aromatic carbocycles. The first kappa shape index (κ1) is 15.1. The van der Waals surface area contributed by atoms with E-state index in [2.05, 4.69) is 4.72 Å². The molecule has 0 saturated carbocycles. The Morgan fingerprint density at radius 1 is 1.19 bits per heavy atom. The third-order valence-corrected chi connectivity index (χ3v) is 4.62. The van der Waals surface area contributed by atoms with Gasteiger partial charge in [0, 0.05) is 18.9 Å².